The summed E-state index contributed by atoms with van der Waals surface area (Å²) in [6, 6.07) is 2.18. The van der Waals surface area contributed by atoms with Gasteiger partial charge < -0.3 is 5.32 Å². The molecule has 0 bridgehead atoms. The third-order valence-electron chi connectivity index (χ3n) is 3.26. The van der Waals surface area contributed by atoms with E-state index in [9.17, 15) is 13.6 Å². The zero-order chi connectivity index (χ0) is 13.1. The highest BCUT2D eigenvalue weighted by molar-refractivity contribution is 9.10. The molecule has 1 aromatic carbocycles. The average molecular weight is 318 g/mol. The number of halogens is 3. The lowest BCUT2D eigenvalue weighted by Gasteiger charge is -2.11. The fraction of sp³-hybridized carbons (Fsp3) is 0.462. The van der Waals surface area contributed by atoms with Gasteiger partial charge in [0.25, 0.3) is 5.91 Å². The summed E-state index contributed by atoms with van der Waals surface area (Å²) in [6.07, 6.45) is 4.49. The van der Waals surface area contributed by atoms with Gasteiger partial charge in [-0.25, -0.2) is 8.78 Å². The van der Waals surface area contributed by atoms with E-state index in [-0.39, 0.29) is 4.47 Å². The average Bonchev–Trinajstić information content (AvgIpc) is 2.77. The summed E-state index contributed by atoms with van der Waals surface area (Å²) >= 11 is 2.98. The monoisotopic (exact) mass is 317 g/mol. The number of carbonyl (C=O) groups is 1. The first kappa shape index (κ1) is 13.5. The Morgan fingerprint density at radius 3 is 2.39 bits per heavy atom. The van der Waals surface area contributed by atoms with Crippen molar-refractivity contribution < 1.29 is 13.6 Å². The summed E-state index contributed by atoms with van der Waals surface area (Å²) in [5.41, 5.74) is -0.504. The van der Waals surface area contributed by atoms with Gasteiger partial charge in [0.05, 0.1) is 0 Å². The van der Waals surface area contributed by atoms with E-state index in [4.69, 9.17) is 0 Å². The van der Waals surface area contributed by atoms with Gasteiger partial charge in [0.1, 0.15) is 17.2 Å². The lowest BCUT2D eigenvalue weighted by Crippen LogP contribution is -2.29. The number of rotatable bonds is 3. The Kier molecular flexibility index (Phi) is 4.32. The first-order valence-electron chi connectivity index (χ1n) is 6.00. The van der Waals surface area contributed by atoms with E-state index in [2.05, 4.69) is 21.2 Å². The molecule has 0 aliphatic heterocycles. The fourth-order valence-electron chi connectivity index (χ4n) is 2.30. The van der Waals surface area contributed by atoms with Gasteiger partial charge >= 0.3 is 0 Å². The Labute approximate surface area is 113 Å². The van der Waals surface area contributed by atoms with Gasteiger partial charge in [-0.15, -0.1) is 0 Å². The van der Waals surface area contributed by atoms with Crippen LogP contribution in [0.1, 0.15) is 36.0 Å². The van der Waals surface area contributed by atoms with Crippen molar-refractivity contribution in [2.75, 3.05) is 6.54 Å². The van der Waals surface area contributed by atoms with Gasteiger partial charge in [-0.2, -0.15) is 0 Å². The molecule has 2 nitrogen and oxygen atoms in total. The van der Waals surface area contributed by atoms with E-state index < -0.39 is 23.1 Å². The van der Waals surface area contributed by atoms with Crippen LogP contribution in [0, 0.1) is 17.6 Å². The number of carbonyl (C=O) groups excluding carboxylic acids is 1. The fourth-order valence-corrected chi connectivity index (χ4v) is 2.70. The zero-order valence-corrected chi connectivity index (χ0v) is 11.4. The van der Waals surface area contributed by atoms with Crippen LogP contribution in [0.2, 0.25) is 0 Å². The molecular formula is C13H14BrF2NO. The number of hydrogen-bond donors (Lipinski definition) is 1. The normalized spacial score (nSPS) is 15.9. The van der Waals surface area contributed by atoms with Gasteiger partial charge in [-0.05, 0) is 30.9 Å². The van der Waals surface area contributed by atoms with Crippen molar-refractivity contribution in [1.82, 2.24) is 5.32 Å². The summed E-state index contributed by atoms with van der Waals surface area (Å²) in [6.45, 7) is 0.494. The quantitative estimate of drug-likeness (QED) is 0.906. The van der Waals surface area contributed by atoms with Crippen LogP contribution in [0.25, 0.3) is 0 Å². The van der Waals surface area contributed by atoms with E-state index in [1.54, 1.807) is 0 Å². The maximum atomic E-state index is 13.5. The van der Waals surface area contributed by atoms with E-state index in [1.165, 1.54) is 12.8 Å². The second-order valence-corrected chi connectivity index (χ2v) is 5.52. The van der Waals surface area contributed by atoms with Crippen LogP contribution < -0.4 is 5.32 Å². The minimum Gasteiger partial charge on any atom is -0.352 e. The maximum Gasteiger partial charge on any atom is 0.257 e. The Balaban J connectivity index is 2.04. The zero-order valence-electron chi connectivity index (χ0n) is 9.81. The molecular weight excluding hydrogens is 304 g/mol. The molecule has 1 amide bonds. The second kappa shape index (κ2) is 5.78. The van der Waals surface area contributed by atoms with Gasteiger partial charge in [-0.1, -0.05) is 28.8 Å². The number of amides is 1. The molecule has 1 aliphatic rings. The van der Waals surface area contributed by atoms with Gasteiger partial charge in [0, 0.05) is 11.0 Å². The molecule has 1 aromatic rings. The van der Waals surface area contributed by atoms with Crippen molar-refractivity contribution >= 4 is 21.8 Å². The van der Waals surface area contributed by atoms with Crippen LogP contribution in [0.15, 0.2) is 16.6 Å². The van der Waals surface area contributed by atoms with E-state index in [0.29, 0.717) is 12.5 Å². The van der Waals surface area contributed by atoms with Crippen LogP contribution in [0.4, 0.5) is 8.78 Å². The molecule has 0 atom stereocenters. The number of nitrogens with one attached hydrogen (secondary N) is 1. The molecule has 0 radical (unpaired) electrons. The topological polar surface area (TPSA) is 29.1 Å². The lowest BCUT2D eigenvalue weighted by molar-refractivity contribution is 0.0939. The molecule has 0 heterocycles. The Bertz CT molecular complexity index is 435. The highest BCUT2D eigenvalue weighted by Crippen LogP contribution is 2.24. The van der Waals surface area contributed by atoms with E-state index in [1.807, 2.05) is 0 Å². The smallest absolute Gasteiger partial charge is 0.257 e. The predicted octanol–water partition coefficient (Wildman–Crippen LogP) is 3.65. The van der Waals surface area contributed by atoms with E-state index in [0.717, 1.165) is 25.0 Å². The van der Waals surface area contributed by atoms with Crippen molar-refractivity contribution in [3.63, 3.8) is 0 Å². The summed E-state index contributed by atoms with van der Waals surface area (Å²) in [5, 5.41) is 2.61. The summed E-state index contributed by atoms with van der Waals surface area (Å²) in [7, 11) is 0. The van der Waals surface area contributed by atoms with Crippen LogP contribution in [0.5, 0.6) is 0 Å². The minimum atomic E-state index is -0.842. The molecule has 98 valence electrons. The van der Waals surface area contributed by atoms with E-state index >= 15 is 0 Å². The maximum absolute atomic E-state index is 13.5. The van der Waals surface area contributed by atoms with Gasteiger partial charge in [0.2, 0.25) is 0 Å². The number of hydrogen-bond acceptors (Lipinski definition) is 1. The summed E-state index contributed by atoms with van der Waals surface area (Å²) in [4.78, 5) is 11.7. The first-order chi connectivity index (χ1) is 8.58. The molecule has 1 N–H and O–H groups in total. The van der Waals surface area contributed by atoms with Gasteiger partial charge in [0.15, 0.2) is 0 Å². The van der Waals surface area contributed by atoms with Gasteiger partial charge in [-0.3, -0.25) is 4.79 Å². The Hall–Kier alpha value is -0.970. The Morgan fingerprint density at radius 1 is 1.28 bits per heavy atom. The predicted molar refractivity (Wildman–Crippen MR) is 68.3 cm³/mol. The summed E-state index contributed by atoms with van der Waals surface area (Å²) in [5.74, 6) is -1.92. The molecule has 5 heteroatoms. The molecule has 0 unspecified atom stereocenters. The standard InChI is InChI=1S/C13H14BrF2NO/c14-9-5-10(15)12(11(16)6-9)13(18)17-7-8-3-1-2-4-8/h5-6,8H,1-4,7H2,(H,17,18). The molecule has 1 aliphatic carbocycles. The van der Waals surface area contributed by atoms with Crippen LogP contribution in [0.3, 0.4) is 0 Å². The van der Waals surface area contributed by atoms with Crippen molar-refractivity contribution in [2.24, 2.45) is 5.92 Å². The van der Waals surface area contributed by atoms with Crippen LogP contribution in [-0.2, 0) is 0 Å². The van der Waals surface area contributed by atoms with Crippen molar-refractivity contribution in [1.29, 1.82) is 0 Å². The highest BCUT2D eigenvalue weighted by atomic mass is 79.9. The minimum absolute atomic E-state index is 0.282. The molecule has 18 heavy (non-hydrogen) atoms. The SMILES string of the molecule is O=C(NCC1CCCC1)c1c(F)cc(Br)cc1F. The number of benzene rings is 1. The summed E-state index contributed by atoms with van der Waals surface area (Å²) < 4.78 is 27.3. The Morgan fingerprint density at radius 2 is 1.83 bits per heavy atom. The van der Waals surface area contributed by atoms with Crippen LogP contribution in [-0.4, -0.2) is 12.5 Å². The molecule has 1 saturated carbocycles. The largest absolute Gasteiger partial charge is 0.352 e. The lowest BCUT2D eigenvalue weighted by atomic mass is 10.1. The third-order valence-corrected chi connectivity index (χ3v) is 3.72. The van der Waals surface area contributed by atoms with Crippen LogP contribution >= 0.6 is 15.9 Å². The molecule has 1 fully saturated rings. The van der Waals surface area contributed by atoms with Crippen molar-refractivity contribution in [2.45, 2.75) is 25.7 Å². The molecule has 0 aromatic heterocycles. The molecule has 0 saturated heterocycles. The third kappa shape index (κ3) is 3.07. The van der Waals surface area contributed by atoms with Crippen molar-refractivity contribution in [3.05, 3.63) is 33.8 Å². The second-order valence-electron chi connectivity index (χ2n) is 4.60. The van der Waals surface area contributed by atoms with Crippen molar-refractivity contribution in [3.8, 4) is 0 Å². The molecule has 0 spiro atoms. The molecule has 2 rings (SSSR count). The highest BCUT2D eigenvalue weighted by Gasteiger charge is 2.20. The first-order valence-corrected chi connectivity index (χ1v) is 6.80.